The molecule has 1 atom stereocenters. The number of carboxylic acids is 1. The molecule has 1 aromatic rings. The fourth-order valence-electron chi connectivity index (χ4n) is 2.61. The maximum atomic E-state index is 12.1. The van der Waals surface area contributed by atoms with Crippen LogP contribution in [0.5, 0.6) is 0 Å². The first kappa shape index (κ1) is 16.3. The van der Waals surface area contributed by atoms with E-state index in [9.17, 15) is 14.7 Å². The topological polar surface area (TPSA) is 70.1 Å². The molecule has 6 nitrogen and oxygen atoms in total. The van der Waals surface area contributed by atoms with Gasteiger partial charge in [-0.1, -0.05) is 30.3 Å². The number of hydrogen-bond donors (Lipinski definition) is 1. The van der Waals surface area contributed by atoms with Crippen LogP contribution in [0.3, 0.4) is 0 Å². The van der Waals surface area contributed by atoms with Gasteiger partial charge in [0.25, 0.3) is 0 Å². The molecule has 6 heteroatoms. The van der Waals surface area contributed by atoms with Crippen molar-refractivity contribution in [1.29, 1.82) is 0 Å². The van der Waals surface area contributed by atoms with Gasteiger partial charge >= 0.3 is 12.1 Å². The number of amides is 1. The Morgan fingerprint density at radius 1 is 1.27 bits per heavy atom. The summed E-state index contributed by atoms with van der Waals surface area (Å²) in [5, 5.41) is 9.34. The number of piperazine rings is 1. The van der Waals surface area contributed by atoms with Crippen LogP contribution in [0.15, 0.2) is 30.3 Å². The van der Waals surface area contributed by atoms with Crippen LogP contribution in [0.1, 0.15) is 19.4 Å². The van der Waals surface area contributed by atoms with Crippen molar-refractivity contribution in [2.45, 2.75) is 32.5 Å². The fourth-order valence-corrected chi connectivity index (χ4v) is 2.61. The second-order valence-electron chi connectivity index (χ2n) is 5.67. The van der Waals surface area contributed by atoms with E-state index >= 15 is 0 Å². The maximum absolute atomic E-state index is 12.1. The Kier molecular flexibility index (Phi) is 5.38. The summed E-state index contributed by atoms with van der Waals surface area (Å²) in [6.07, 6.45) is -0.460. The molecule has 1 fully saturated rings. The lowest BCUT2D eigenvalue weighted by molar-refractivity contribution is -0.146. The van der Waals surface area contributed by atoms with Crippen LogP contribution in [-0.2, 0) is 16.1 Å². The average molecular weight is 306 g/mol. The normalized spacial score (nSPS) is 19.2. The van der Waals surface area contributed by atoms with E-state index in [0.29, 0.717) is 13.1 Å². The molecule has 1 aliphatic rings. The van der Waals surface area contributed by atoms with Crippen LogP contribution in [0.4, 0.5) is 4.79 Å². The Morgan fingerprint density at radius 3 is 2.55 bits per heavy atom. The van der Waals surface area contributed by atoms with Gasteiger partial charge in [0.15, 0.2) is 0 Å². The molecular weight excluding hydrogens is 284 g/mol. The molecule has 1 heterocycles. The number of nitrogens with zero attached hydrogens (tertiary/aromatic N) is 2. The highest BCUT2D eigenvalue weighted by Crippen LogP contribution is 2.15. The summed E-state index contributed by atoms with van der Waals surface area (Å²) in [5.41, 5.74) is 0.909. The molecule has 0 spiro atoms. The molecule has 2 rings (SSSR count). The van der Waals surface area contributed by atoms with Gasteiger partial charge in [-0.25, -0.2) is 4.79 Å². The van der Waals surface area contributed by atoms with Crippen molar-refractivity contribution in [2.24, 2.45) is 0 Å². The van der Waals surface area contributed by atoms with Crippen LogP contribution in [0.2, 0.25) is 0 Å². The van der Waals surface area contributed by atoms with E-state index in [1.165, 1.54) is 4.90 Å². The molecular formula is C16H22N2O4. The van der Waals surface area contributed by atoms with Crippen LogP contribution in [0, 0.1) is 0 Å². The van der Waals surface area contributed by atoms with Crippen molar-refractivity contribution in [3.8, 4) is 0 Å². The number of benzene rings is 1. The minimum Gasteiger partial charge on any atom is -0.480 e. The van der Waals surface area contributed by atoms with Gasteiger partial charge in [0.05, 0.1) is 6.54 Å². The van der Waals surface area contributed by atoms with E-state index in [1.54, 1.807) is 0 Å². The first-order valence-electron chi connectivity index (χ1n) is 7.43. The first-order chi connectivity index (χ1) is 10.5. The summed E-state index contributed by atoms with van der Waals surface area (Å²) in [6, 6.07) is 8.86. The molecule has 1 aliphatic heterocycles. The highest BCUT2D eigenvalue weighted by atomic mass is 16.6. The van der Waals surface area contributed by atoms with Gasteiger partial charge in [-0.3, -0.25) is 9.69 Å². The number of carboxylic acid groups (broad SMARTS) is 1. The zero-order chi connectivity index (χ0) is 16.1. The summed E-state index contributed by atoms with van der Waals surface area (Å²) in [7, 11) is 0. The number of carbonyl (C=O) groups excluding carboxylic acids is 1. The standard InChI is InChI=1S/C16H22N2O4/c1-12(2)18-9-8-17(10-14(18)15(19)20)16(21)22-11-13-6-4-3-5-7-13/h3-7,12,14H,8-11H2,1-2H3,(H,19,20)/t14-/m1/s1. The van der Waals surface area contributed by atoms with Crippen molar-refractivity contribution >= 4 is 12.1 Å². The van der Waals surface area contributed by atoms with Gasteiger partial charge in [0, 0.05) is 19.1 Å². The van der Waals surface area contributed by atoms with Crippen LogP contribution < -0.4 is 0 Å². The number of carbonyl (C=O) groups is 2. The molecule has 1 aromatic carbocycles. The van der Waals surface area contributed by atoms with Gasteiger partial charge < -0.3 is 14.7 Å². The van der Waals surface area contributed by atoms with Crippen molar-refractivity contribution in [3.63, 3.8) is 0 Å². The number of aliphatic carboxylic acids is 1. The van der Waals surface area contributed by atoms with Gasteiger partial charge in [0.2, 0.25) is 0 Å². The molecule has 0 aromatic heterocycles. The maximum Gasteiger partial charge on any atom is 0.410 e. The molecule has 22 heavy (non-hydrogen) atoms. The van der Waals surface area contributed by atoms with Gasteiger partial charge in [-0.2, -0.15) is 0 Å². The van der Waals surface area contributed by atoms with Gasteiger partial charge in [-0.15, -0.1) is 0 Å². The first-order valence-corrected chi connectivity index (χ1v) is 7.43. The summed E-state index contributed by atoms with van der Waals surface area (Å²) in [4.78, 5) is 26.9. The molecule has 0 bridgehead atoms. The zero-order valence-electron chi connectivity index (χ0n) is 12.9. The van der Waals surface area contributed by atoms with Crippen LogP contribution >= 0.6 is 0 Å². The van der Waals surface area contributed by atoms with E-state index in [1.807, 2.05) is 49.1 Å². The van der Waals surface area contributed by atoms with E-state index in [2.05, 4.69) is 0 Å². The zero-order valence-corrected chi connectivity index (χ0v) is 12.9. The molecule has 0 saturated carbocycles. The lowest BCUT2D eigenvalue weighted by atomic mass is 10.1. The molecule has 0 aliphatic carbocycles. The number of rotatable bonds is 4. The average Bonchev–Trinajstić information content (AvgIpc) is 2.52. The second-order valence-corrected chi connectivity index (χ2v) is 5.67. The van der Waals surface area contributed by atoms with Gasteiger partial charge in [0.1, 0.15) is 12.6 Å². The molecule has 1 N–H and O–H groups in total. The summed E-state index contributed by atoms with van der Waals surface area (Å²) in [5.74, 6) is -0.908. The Hall–Kier alpha value is -2.08. The molecule has 120 valence electrons. The Morgan fingerprint density at radius 2 is 1.95 bits per heavy atom. The summed E-state index contributed by atoms with van der Waals surface area (Å²) in [6.45, 7) is 5.28. The van der Waals surface area contributed by atoms with Crippen molar-refractivity contribution < 1.29 is 19.4 Å². The highest BCUT2D eigenvalue weighted by Gasteiger charge is 2.35. The van der Waals surface area contributed by atoms with E-state index < -0.39 is 18.1 Å². The minimum atomic E-state index is -0.908. The van der Waals surface area contributed by atoms with Crippen LogP contribution in [0.25, 0.3) is 0 Å². The SMILES string of the molecule is CC(C)N1CCN(C(=O)OCc2ccccc2)C[C@@H]1C(=O)O. The van der Waals surface area contributed by atoms with E-state index in [4.69, 9.17) is 4.74 Å². The lowest BCUT2D eigenvalue weighted by Crippen LogP contribution is -2.59. The number of hydrogen-bond acceptors (Lipinski definition) is 4. The van der Waals surface area contributed by atoms with E-state index in [0.717, 1.165) is 5.56 Å². The smallest absolute Gasteiger partial charge is 0.410 e. The van der Waals surface area contributed by atoms with E-state index in [-0.39, 0.29) is 19.2 Å². The molecule has 0 unspecified atom stereocenters. The predicted octanol–water partition coefficient (Wildman–Crippen LogP) is 1.80. The third-order valence-electron chi connectivity index (χ3n) is 3.83. The summed E-state index contributed by atoms with van der Waals surface area (Å²) < 4.78 is 5.27. The fraction of sp³-hybridized carbons (Fsp3) is 0.500. The van der Waals surface area contributed by atoms with Gasteiger partial charge in [-0.05, 0) is 19.4 Å². The monoisotopic (exact) mass is 306 g/mol. The van der Waals surface area contributed by atoms with Crippen molar-refractivity contribution in [2.75, 3.05) is 19.6 Å². The number of ether oxygens (including phenoxy) is 1. The third kappa shape index (κ3) is 3.98. The highest BCUT2D eigenvalue weighted by molar-refractivity contribution is 5.76. The lowest BCUT2D eigenvalue weighted by Gasteiger charge is -2.40. The van der Waals surface area contributed by atoms with Crippen molar-refractivity contribution in [3.05, 3.63) is 35.9 Å². The summed E-state index contributed by atoms with van der Waals surface area (Å²) >= 11 is 0. The molecule has 1 saturated heterocycles. The molecule has 0 radical (unpaired) electrons. The molecule has 1 amide bonds. The quantitative estimate of drug-likeness (QED) is 0.918. The second kappa shape index (κ2) is 7.26. The third-order valence-corrected chi connectivity index (χ3v) is 3.83. The van der Waals surface area contributed by atoms with Crippen LogP contribution in [-0.4, -0.2) is 58.7 Å². The van der Waals surface area contributed by atoms with Crippen molar-refractivity contribution in [1.82, 2.24) is 9.80 Å². The minimum absolute atomic E-state index is 0.128. The Balaban J connectivity index is 1.92. The Labute approximate surface area is 130 Å². The Bertz CT molecular complexity index is 518. The predicted molar refractivity (Wildman–Crippen MR) is 81.5 cm³/mol. The largest absolute Gasteiger partial charge is 0.480 e.